The first kappa shape index (κ1) is 13.2. The van der Waals surface area contributed by atoms with Gasteiger partial charge < -0.3 is 10.3 Å². The standard InChI is InChI=1S/C12H13BrFN3O/c1-2-3-10-16-12(17-18-10)11(15)7-4-5-9(14)8(13)6-7/h4-6,11H,2-3,15H2,1H3. The normalized spacial score (nSPS) is 12.7. The molecule has 4 nitrogen and oxygen atoms in total. The van der Waals surface area contributed by atoms with Crippen molar-refractivity contribution < 1.29 is 8.91 Å². The smallest absolute Gasteiger partial charge is 0.226 e. The maximum absolute atomic E-state index is 13.1. The van der Waals surface area contributed by atoms with Gasteiger partial charge in [0, 0.05) is 6.42 Å². The molecule has 0 bridgehead atoms. The van der Waals surface area contributed by atoms with Gasteiger partial charge in [-0.2, -0.15) is 4.98 Å². The summed E-state index contributed by atoms with van der Waals surface area (Å²) in [6.45, 7) is 2.03. The van der Waals surface area contributed by atoms with E-state index >= 15 is 0 Å². The summed E-state index contributed by atoms with van der Waals surface area (Å²) >= 11 is 3.12. The maximum atomic E-state index is 13.1. The third-order valence-corrected chi connectivity index (χ3v) is 3.14. The molecule has 0 saturated heterocycles. The van der Waals surface area contributed by atoms with Crippen LogP contribution in [0.5, 0.6) is 0 Å². The molecule has 1 atom stereocenters. The van der Waals surface area contributed by atoms with Crippen molar-refractivity contribution in [3.05, 3.63) is 45.8 Å². The first-order chi connectivity index (χ1) is 8.61. The average Bonchev–Trinajstić information content (AvgIpc) is 2.81. The van der Waals surface area contributed by atoms with E-state index < -0.39 is 6.04 Å². The summed E-state index contributed by atoms with van der Waals surface area (Å²) in [6.07, 6.45) is 1.66. The summed E-state index contributed by atoms with van der Waals surface area (Å²) in [5.74, 6) is 0.659. The summed E-state index contributed by atoms with van der Waals surface area (Å²) < 4.78 is 18.6. The third kappa shape index (κ3) is 2.76. The van der Waals surface area contributed by atoms with Crippen LogP contribution in [-0.4, -0.2) is 10.1 Å². The van der Waals surface area contributed by atoms with Crippen molar-refractivity contribution in [1.82, 2.24) is 10.1 Å². The Morgan fingerprint density at radius 2 is 2.28 bits per heavy atom. The molecule has 0 fully saturated rings. The minimum atomic E-state index is -0.517. The van der Waals surface area contributed by atoms with Crippen molar-refractivity contribution in [3.8, 4) is 0 Å². The first-order valence-corrected chi connectivity index (χ1v) is 6.44. The monoisotopic (exact) mass is 313 g/mol. The Morgan fingerprint density at radius 3 is 2.94 bits per heavy atom. The van der Waals surface area contributed by atoms with Gasteiger partial charge in [-0.25, -0.2) is 4.39 Å². The van der Waals surface area contributed by atoms with E-state index in [9.17, 15) is 4.39 Å². The van der Waals surface area contributed by atoms with Crippen molar-refractivity contribution in [2.45, 2.75) is 25.8 Å². The van der Waals surface area contributed by atoms with Crippen LogP contribution in [0.25, 0.3) is 0 Å². The summed E-state index contributed by atoms with van der Waals surface area (Å²) in [7, 11) is 0. The molecular formula is C12H13BrFN3O. The zero-order valence-corrected chi connectivity index (χ0v) is 11.4. The molecule has 2 aromatic rings. The number of aryl methyl sites for hydroxylation is 1. The summed E-state index contributed by atoms with van der Waals surface area (Å²) in [4.78, 5) is 4.22. The number of hydrogen-bond acceptors (Lipinski definition) is 4. The molecule has 2 rings (SSSR count). The number of nitrogens with two attached hydrogens (primary N) is 1. The molecule has 0 amide bonds. The second-order valence-corrected chi connectivity index (χ2v) is 4.80. The van der Waals surface area contributed by atoms with E-state index in [0.29, 0.717) is 16.2 Å². The molecule has 0 radical (unpaired) electrons. The molecule has 1 heterocycles. The van der Waals surface area contributed by atoms with E-state index in [1.165, 1.54) is 6.07 Å². The van der Waals surface area contributed by atoms with Gasteiger partial charge in [0.2, 0.25) is 5.89 Å². The molecule has 2 N–H and O–H groups in total. The van der Waals surface area contributed by atoms with E-state index in [1.54, 1.807) is 12.1 Å². The molecule has 0 aliphatic rings. The molecular weight excluding hydrogens is 301 g/mol. The van der Waals surface area contributed by atoms with E-state index in [1.807, 2.05) is 6.92 Å². The second kappa shape index (κ2) is 5.58. The minimum absolute atomic E-state index is 0.328. The molecule has 1 aromatic carbocycles. The van der Waals surface area contributed by atoms with Gasteiger partial charge in [-0.15, -0.1) is 0 Å². The Bertz CT molecular complexity index is 544. The van der Waals surface area contributed by atoms with E-state index in [0.717, 1.165) is 18.4 Å². The Morgan fingerprint density at radius 1 is 1.50 bits per heavy atom. The molecule has 96 valence electrons. The number of nitrogens with zero attached hydrogens (tertiary/aromatic N) is 2. The first-order valence-electron chi connectivity index (χ1n) is 5.64. The molecule has 0 saturated carbocycles. The zero-order chi connectivity index (χ0) is 13.1. The number of hydrogen-bond donors (Lipinski definition) is 1. The number of aromatic nitrogens is 2. The Kier molecular flexibility index (Phi) is 4.08. The predicted molar refractivity (Wildman–Crippen MR) is 68.4 cm³/mol. The van der Waals surface area contributed by atoms with E-state index in [4.69, 9.17) is 10.3 Å². The van der Waals surface area contributed by atoms with Gasteiger partial charge in [0.15, 0.2) is 5.82 Å². The van der Waals surface area contributed by atoms with Crippen LogP contribution in [0.3, 0.4) is 0 Å². The quantitative estimate of drug-likeness (QED) is 0.942. The van der Waals surface area contributed by atoms with Gasteiger partial charge in [-0.3, -0.25) is 0 Å². The molecule has 18 heavy (non-hydrogen) atoms. The second-order valence-electron chi connectivity index (χ2n) is 3.95. The van der Waals surface area contributed by atoms with Crippen molar-refractivity contribution in [2.24, 2.45) is 5.73 Å². The molecule has 0 aliphatic carbocycles. The highest BCUT2D eigenvalue weighted by atomic mass is 79.9. The third-order valence-electron chi connectivity index (χ3n) is 2.53. The van der Waals surface area contributed by atoms with Crippen LogP contribution in [0.15, 0.2) is 27.2 Å². The van der Waals surface area contributed by atoms with Gasteiger partial charge >= 0.3 is 0 Å². The fraction of sp³-hybridized carbons (Fsp3) is 0.333. The lowest BCUT2D eigenvalue weighted by Gasteiger charge is -2.07. The van der Waals surface area contributed by atoms with Crippen molar-refractivity contribution >= 4 is 15.9 Å². The van der Waals surface area contributed by atoms with E-state index in [2.05, 4.69) is 26.1 Å². The van der Waals surface area contributed by atoms with Crippen LogP contribution in [0.2, 0.25) is 0 Å². The summed E-state index contributed by atoms with van der Waals surface area (Å²) in [5, 5.41) is 3.84. The molecule has 1 aromatic heterocycles. The Balaban J connectivity index is 2.23. The molecule has 0 spiro atoms. The Hall–Kier alpha value is -1.27. The summed E-state index contributed by atoms with van der Waals surface area (Å²) in [5.41, 5.74) is 6.75. The highest BCUT2D eigenvalue weighted by Crippen LogP contribution is 2.23. The molecule has 6 heteroatoms. The van der Waals surface area contributed by atoms with Gasteiger partial charge in [0.05, 0.1) is 10.5 Å². The van der Waals surface area contributed by atoms with Crippen LogP contribution in [0.1, 0.15) is 36.7 Å². The lowest BCUT2D eigenvalue weighted by atomic mass is 10.1. The average molecular weight is 314 g/mol. The lowest BCUT2D eigenvalue weighted by molar-refractivity contribution is 0.370. The largest absolute Gasteiger partial charge is 0.339 e. The topological polar surface area (TPSA) is 64.9 Å². The fourth-order valence-electron chi connectivity index (χ4n) is 1.56. The predicted octanol–water partition coefficient (Wildman–Crippen LogP) is 2.97. The van der Waals surface area contributed by atoms with Crippen molar-refractivity contribution in [3.63, 3.8) is 0 Å². The van der Waals surface area contributed by atoms with Crippen LogP contribution in [0.4, 0.5) is 4.39 Å². The van der Waals surface area contributed by atoms with Gasteiger partial charge in [0.25, 0.3) is 0 Å². The van der Waals surface area contributed by atoms with Crippen LogP contribution < -0.4 is 5.73 Å². The van der Waals surface area contributed by atoms with Crippen LogP contribution in [-0.2, 0) is 6.42 Å². The molecule has 0 aliphatic heterocycles. The van der Waals surface area contributed by atoms with Crippen molar-refractivity contribution in [2.75, 3.05) is 0 Å². The highest BCUT2D eigenvalue weighted by Gasteiger charge is 2.17. The SMILES string of the molecule is CCCc1nc(C(N)c2ccc(F)c(Br)c2)no1. The van der Waals surface area contributed by atoms with Crippen molar-refractivity contribution in [1.29, 1.82) is 0 Å². The number of halogens is 2. The number of rotatable bonds is 4. The lowest BCUT2D eigenvalue weighted by Crippen LogP contribution is -2.13. The number of benzene rings is 1. The minimum Gasteiger partial charge on any atom is -0.339 e. The fourth-order valence-corrected chi connectivity index (χ4v) is 1.96. The zero-order valence-electron chi connectivity index (χ0n) is 9.86. The van der Waals surface area contributed by atoms with E-state index in [-0.39, 0.29) is 5.82 Å². The highest BCUT2D eigenvalue weighted by molar-refractivity contribution is 9.10. The van der Waals surface area contributed by atoms with Crippen LogP contribution in [0, 0.1) is 5.82 Å². The van der Waals surface area contributed by atoms with Gasteiger partial charge in [-0.1, -0.05) is 18.1 Å². The molecule has 1 unspecified atom stereocenters. The van der Waals surface area contributed by atoms with Crippen LogP contribution >= 0.6 is 15.9 Å². The van der Waals surface area contributed by atoms with Gasteiger partial charge in [-0.05, 0) is 40.0 Å². The summed E-state index contributed by atoms with van der Waals surface area (Å²) in [6, 6.07) is 4.07. The van der Waals surface area contributed by atoms with Gasteiger partial charge in [0.1, 0.15) is 5.82 Å². The Labute approximate surface area is 113 Å². The maximum Gasteiger partial charge on any atom is 0.226 e.